The first-order chi connectivity index (χ1) is 6.36. The molecule has 0 saturated carbocycles. The van der Waals surface area contributed by atoms with Crippen LogP contribution in [0.25, 0.3) is 0 Å². The van der Waals surface area contributed by atoms with E-state index in [-0.39, 0.29) is 0 Å². The summed E-state index contributed by atoms with van der Waals surface area (Å²) in [6.45, 7) is 8.63. The van der Waals surface area contributed by atoms with Gasteiger partial charge in [0.1, 0.15) is 0 Å². The van der Waals surface area contributed by atoms with Crippen LogP contribution in [0.15, 0.2) is 0 Å². The molecular formula is C11H20N2. The summed E-state index contributed by atoms with van der Waals surface area (Å²) in [4.78, 5) is 2.34. The summed E-state index contributed by atoms with van der Waals surface area (Å²) in [6.07, 6.45) is 2.51. The van der Waals surface area contributed by atoms with Crippen LogP contribution in [-0.4, -0.2) is 37.1 Å². The van der Waals surface area contributed by atoms with Gasteiger partial charge in [-0.15, -0.1) is 0 Å². The Balaban J connectivity index is 2.21. The van der Waals surface area contributed by atoms with Crippen molar-refractivity contribution in [3.05, 3.63) is 0 Å². The minimum Gasteiger partial charge on any atom is -0.304 e. The predicted octanol–water partition coefficient (Wildman–Crippen LogP) is 1.08. The van der Waals surface area contributed by atoms with E-state index in [1.165, 1.54) is 12.8 Å². The Kier molecular flexibility index (Phi) is 4.88. The molecule has 0 aliphatic carbocycles. The molecule has 1 heterocycles. The monoisotopic (exact) mass is 180 g/mol. The van der Waals surface area contributed by atoms with Crippen LogP contribution in [0.1, 0.15) is 26.7 Å². The molecule has 0 unspecified atom stereocenters. The second kappa shape index (κ2) is 6.01. The van der Waals surface area contributed by atoms with Crippen LogP contribution in [0.3, 0.4) is 0 Å². The molecule has 1 saturated heterocycles. The molecule has 1 atom stereocenters. The van der Waals surface area contributed by atoms with Gasteiger partial charge in [-0.25, -0.2) is 0 Å². The average Bonchev–Trinajstić information content (AvgIpc) is 2.65. The van der Waals surface area contributed by atoms with Gasteiger partial charge in [0.15, 0.2) is 0 Å². The smallest absolute Gasteiger partial charge is 0.0690 e. The van der Waals surface area contributed by atoms with Gasteiger partial charge in [-0.2, -0.15) is 0 Å². The van der Waals surface area contributed by atoms with Gasteiger partial charge in [0, 0.05) is 0 Å². The first-order valence-electron chi connectivity index (χ1n) is 5.31. The Labute approximate surface area is 81.7 Å². The minimum absolute atomic E-state index is 0.468. The highest BCUT2D eigenvalue weighted by Gasteiger charge is 2.09. The second-order valence-corrected chi connectivity index (χ2v) is 3.43. The molecule has 0 amide bonds. The van der Waals surface area contributed by atoms with Crippen LogP contribution in [0.5, 0.6) is 0 Å². The van der Waals surface area contributed by atoms with Crippen LogP contribution >= 0.6 is 0 Å². The quantitative estimate of drug-likeness (QED) is 0.654. The summed E-state index contributed by atoms with van der Waals surface area (Å²) in [5, 5.41) is 3.37. The number of nitrogens with one attached hydrogen (secondary N) is 1. The first kappa shape index (κ1) is 10.6. The van der Waals surface area contributed by atoms with Gasteiger partial charge < -0.3 is 5.32 Å². The van der Waals surface area contributed by atoms with E-state index in [0.29, 0.717) is 6.04 Å². The molecule has 1 N–H and O–H groups in total. The molecular weight excluding hydrogens is 160 g/mol. The summed E-state index contributed by atoms with van der Waals surface area (Å²) < 4.78 is 0. The van der Waals surface area contributed by atoms with Crippen molar-refractivity contribution >= 4 is 0 Å². The van der Waals surface area contributed by atoms with Crippen LogP contribution in [0.2, 0.25) is 0 Å². The zero-order chi connectivity index (χ0) is 9.52. The van der Waals surface area contributed by atoms with Gasteiger partial charge in [0.05, 0.1) is 12.6 Å². The maximum absolute atomic E-state index is 3.37. The van der Waals surface area contributed by atoms with E-state index in [1.807, 2.05) is 0 Å². The standard InChI is InChI=1S/C11H20N2/c1-3-13(4-2)10-6-8-11-7-5-9-12-11/h11-12H,3-5,7,9-10H2,1-2H3/t11-/m1/s1. The van der Waals surface area contributed by atoms with E-state index in [1.54, 1.807) is 0 Å². The van der Waals surface area contributed by atoms with Crippen molar-refractivity contribution in [3.63, 3.8) is 0 Å². The van der Waals surface area contributed by atoms with Gasteiger partial charge in [-0.1, -0.05) is 25.7 Å². The van der Waals surface area contributed by atoms with E-state index in [9.17, 15) is 0 Å². The second-order valence-electron chi connectivity index (χ2n) is 3.43. The van der Waals surface area contributed by atoms with Crippen molar-refractivity contribution in [2.24, 2.45) is 0 Å². The lowest BCUT2D eigenvalue weighted by Crippen LogP contribution is -2.24. The highest BCUT2D eigenvalue weighted by Crippen LogP contribution is 2.02. The summed E-state index contributed by atoms with van der Waals surface area (Å²) in [7, 11) is 0. The van der Waals surface area contributed by atoms with E-state index in [2.05, 4.69) is 35.9 Å². The van der Waals surface area contributed by atoms with Gasteiger partial charge in [0.2, 0.25) is 0 Å². The molecule has 13 heavy (non-hydrogen) atoms. The van der Waals surface area contributed by atoms with Crippen molar-refractivity contribution in [1.29, 1.82) is 0 Å². The molecule has 1 rings (SSSR count). The largest absolute Gasteiger partial charge is 0.304 e. The first-order valence-corrected chi connectivity index (χ1v) is 5.31. The van der Waals surface area contributed by atoms with Crippen molar-refractivity contribution in [3.8, 4) is 11.8 Å². The van der Waals surface area contributed by atoms with Crippen LogP contribution in [0.4, 0.5) is 0 Å². The van der Waals surface area contributed by atoms with E-state index in [4.69, 9.17) is 0 Å². The minimum atomic E-state index is 0.468. The SMILES string of the molecule is CCN(CC)CC#C[C@H]1CCCN1. The Bertz CT molecular complexity index is 180. The Morgan fingerprint density at radius 2 is 2.15 bits per heavy atom. The Hall–Kier alpha value is -0.520. The zero-order valence-corrected chi connectivity index (χ0v) is 8.77. The van der Waals surface area contributed by atoms with Crippen molar-refractivity contribution < 1.29 is 0 Å². The van der Waals surface area contributed by atoms with Gasteiger partial charge in [-0.05, 0) is 32.5 Å². The molecule has 0 aromatic carbocycles. The van der Waals surface area contributed by atoms with Gasteiger partial charge >= 0.3 is 0 Å². The number of hydrogen-bond acceptors (Lipinski definition) is 2. The van der Waals surface area contributed by atoms with Crippen LogP contribution < -0.4 is 5.32 Å². The number of nitrogens with zero attached hydrogens (tertiary/aromatic N) is 1. The molecule has 2 heteroatoms. The fourth-order valence-electron chi connectivity index (χ4n) is 1.54. The van der Waals surface area contributed by atoms with Crippen LogP contribution in [0, 0.1) is 11.8 Å². The van der Waals surface area contributed by atoms with Gasteiger partial charge in [0.25, 0.3) is 0 Å². The zero-order valence-electron chi connectivity index (χ0n) is 8.77. The predicted molar refractivity (Wildman–Crippen MR) is 56.6 cm³/mol. The third kappa shape index (κ3) is 3.80. The van der Waals surface area contributed by atoms with Crippen molar-refractivity contribution in [2.75, 3.05) is 26.2 Å². The Morgan fingerprint density at radius 3 is 2.69 bits per heavy atom. The molecule has 0 spiro atoms. The summed E-state index contributed by atoms with van der Waals surface area (Å²) in [5.41, 5.74) is 0. The van der Waals surface area contributed by atoms with Crippen LogP contribution in [-0.2, 0) is 0 Å². The molecule has 1 aliphatic heterocycles. The number of hydrogen-bond donors (Lipinski definition) is 1. The molecule has 0 bridgehead atoms. The highest BCUT2D eigenvalue weighted by molar-refractivity contribution is 5.10. The lowest BCUT2D eigenvalue weighted by atomic mass is 10.2. The molecule has 0 radical (unpaired) electrons. The normalized spacial score (nSPS) is 21.6. The molecule has 1 aliphatic rings. The average molecular weight is 180 g/mol. The van der Waals surface area contributed by atoms with E-state index in [0.717, 1.165) is 26.2 Å². The maximum Gasteiger partial charge on any atom is 0.0690 e. The molecule has 0 aromatic heterocycles. The molecule has 1 fully saturated rings. The third-order valence-corrected chi connectivity index (χ3v) is 2.53. The summed E-state index contributed by atoms with van der Waals surface area (Å²) in [6, 6.07) is 0.468. The van der Waals surface area contributed by atoms with E-state index < -0.39 is 0 Å². The maximum atomic E-state index is 3.37. The fourth-order valence-corrected chi connectivity index (χ4v) is 1.54. The fraction of sp³-hybridized carbons (Fsp3) is 0.818. The third-order valence-electron chi connectivity index (χ3n) is 2.53. The summed E-state index contributed by atoms with van der Waals surface area (Å²) in [5.74, 6) is 6.52. The lowest BCUT2D eigenvalue weighted by Gasteiger charge is -2.13. The molecule has 74 valence electrons. The molecule has 2 nitrogen and oxygen atoms in total. The molecule has 0 aromatic rings. The van der Waals surface area contributed by atoms with Crippen molar-refractivity contribution in [2.45, 2.75) is 32.7 Å². The highest BCUT2D eigenvalue weighted by atomic mass is 15.1. The summed E-state index contributed by atoms with van der Waals surface area (Å²) >= 11 is 0. The topological polar surface area (TPSA) is 15.3 Å². The lowest BCUT2D eigenvalue weighted by molar-refractivity contribution is 0.342. The van der Waals surface area contributed by atoms with E-state index >= 15 is 0 Å². The Morgan fingerprint density at radius 1 is 1.38 bits per heavy atom. The van der Waals surface area contributed by atoms with Crippen molar-refractivity contribution in [1.82, 2.24) is 10.2 Å². The van der Waals surface area contributed by atoms with Gasteiger partial charge in [-0.3, -0.25) is 4.90 Å². The number of rotatable bonds is 3.